The molecule has 0 spiro atoms. The van der Waals surface area contributed by atoms with Gasteiger partial charge in [-0.25, -0.2) is 4.39 Å². The molecule has 0 bridgehead atoms. The molecule has 0 saturated carbocycles. The second-order valence-corrected chi connectivity index (χ2v) is 5.36. The summed E-state index contributed by atoms with van der Waals surface area (Å²) in [6.07, 6.45) is 0. The minimum Gasteiger partial charge on any atom is -0.454 e. The smallest absolute Gasteiger partial charge is 0.184 e. The number of benzene rings is 2. The van der Waals surface area contributed by atoms with E-state index in [2.05, 4.69) is 15.9 Å². The highest BCUT2D eigenvalue weighted by Crippen LogP contribution is 2.31. The first kappa shape index (κ1) is 14.2. The van der Waals surface area contributed by atoms with E-state index in [-0.39, 0.29) is 15.8 Å². The highest BCUT2D eigenvalue weighted by Gasteiger charge is 2.10. The van der Waals surface area contributed by atoms with Crippen LogP contribution < -0.4 is 10.5 Å². The van der Waals surface area contributed by atoms with Crippen LogP contribution in [0.25, 0.3) is 0 Å². The normalized spacial score (nSPS) is 10.3. The lowest BCUT2D eigenvalue weighted by atomic mass is 10.2. The molecule has 0 unspecified atom stereocenters. The van der Waals surface area contributed by atoms with Crippen LogP contribution in [-0.2, 0) is 0 Å². The van der Waals surface area contributed by atoms with Crippen LogP contribution in [0.3, 0.4) is 0 Å². The predicted molar refractivity (Wildman–Crippen MR) is 81.5 cm³/mol. The van der Waals surface area contributed by atoms with Gasteiger partial charge in [0.05, 0.1) is 5.02 Å². The minimum absolute atomic E-state index is 0.0105. The third kappa shape index (κ3) is 3.23. The maximum absolute atomic E-state index is 13.7. The zero-order valence-electron chi connectivity index (χ0n) is 9.49. The Balaban J connectivity index is 2.32. The molecule has 0 fully saturated rings. The van der Waals surface area contributed by atoms with Crippen molar-refractivity contribution in [2.75, 3.05) is 0 Å². The lowest BCUT2D eigenvalue weighted by molar-refractivity contribution is 0.442. The zero-order chi connectivity index (χ0) is 14.0. The molecule has 0 aliphatic heterocycles. The van der Waals surface area contributed by atoms with Gasteiger partial charge in [0.1, 0.15) is 10.7 Å². The molecule has 2 nitrogen and oxygen atoms in total. The van der Waals surface area contributed by atoms with Crippen molar-refractivity contribution in [2.24, 2.45) is 5.73 Å². The lowest BCUT2D eigenvalue weighted by Crippen LogP contribution is -2.09. The van der Waals surface area contributed by atoms with Gasteiger partial charge in [-0.05, 0) is 46.3 Å². The number of rotatable bonds is 3. The van der Waals surface area contributed by atoms with Crippen LogP contribution in [0.5, 0.6) is 11.5 Å². The van der Waals surface area contributed by atoms with E-state index in [9.17, 15) is 4.39 Å². The van der Waals surface area contributed by atoms with Gasteiger partial charge in [-0.3, -0.25) is 0 Å². The molecule has 2 aromatic rings. The number of hydrogen-bond donors (Lipinski definition) is 1. The third-order valence-corrected chi connectivity index (χ3v) is 3.52. The molecule has 2 aromatic carbocycles. The van der Waals surface area contributed by atoms with Crippen molar-refractivity contribution in [3.05, 3.63) is 57.3 Å². The standard InChI is InChI=1S/C13H8BrClFNOS/c14-9-6-7(4-5-8(9)13(17)19)18-11-3-1-2-10(15)12(11)16/h1-6H,(H2,17,19). The van der Waals surface area contributed by atoms with Gasteiger partial charge in [0, 0.05) is 10.0 Å². The van der Waals surface area contributed by atoms with Gasteiger partial charge in [0.25, 0.3) is 0 Å². The van der Waals surface area contributed by atoms with Crippen molar-refractivity contribution >= 4 is 44.7 Å². The largest absolute Gasteiger partial charge is 0.454 e. The molecule has 0 atom stereocenters. The summed E-state index contributed by atoms with van der Waals surface area (Å²) in [6.45, 7) is 0. The molecule has 0 heterocycles. The zero-order valence-corrected chi connectivity index (χ0v) is 12.7. The predicted octanol–water partition coefficient (Wildman–Crippen LogP) is 4.67. The van der Waals surface area contributed by atoms with Crippen LogP contribution in [-0.4, -0.2) is 4.99 Å². The second-order valence-electron chi connectivity index (χ2n) is 3.66. The molecule has 0 aliphatic carbocycles. The number of thiocarbonyl (C=S) groups is 1. The molecule has 0 aliphatic rings. The van der Waals surface area contributed by atoms with Gasteiger partial charge in [-0.2, -0.15) is 0 Å². The second kappa shape index (κ2) is 5.86. The van der Waals surface area contributed by atoms with E-state index < -0.39 is 5.82 Å². The Morgan fingerprint density at radius 1 is 1.32 bits per heavy atom. The summed E-state index contributed by atoms with van der Waals surface area (Å²) in [5, 5.41) is 0.0105. The van der Waals surface area contributed by atoms with E-state index in [4.69, 9.17) is 34.3 Å². The fourth-order valence-electron chi connectivity index (χ4n) is 1.45. The summed E-state index contributed by atoms with van der Waals surface area (Å²) in [5.41, 5.74) is 6.23. The summed E-state index contributed by atoms with van der Waals surface area (Å²) in [7, 11) is 0. The highest BCUT2D eigenvalue weighted by atomic mass is 79.9. The van der Waals surface area contributed by atoms with Gasteiger partial charge in [-0.1, -0.05) is 29.9 Å². The first-order valence-electron chi connectivity index (χ1n) is 5.20. The van der Waals surface area contributed by atoms with Crippen molar-refractivity contribution < 1.29 is 9.13 Å². The molecular weight excluding hydrogens is 353 g/mol. The van der Waals surface area contributed by atoms with Crippen molar-refractivity contribution in [3.63, 3.8) is 0 Å². The molecule has 2 rings (SSSR count). The SMILES string of the molecule is NC(=S)c1ccc(Oc2cccc(Cl)c2F)cc1Br. The van der Waals surface area contributed by atoms with Gasteiger partial charge >= 0.3 is 0 Å². The van der Waals surface area contributed by atoms with E-state index in [1.54, 1.807) is 24.3 Å². The van der Waals surface area contributed by atoms with Crippen LogP contribution in [0.1, 0.15) is 5.56 Å². The van der Waals surface area contributed by atoms with E-state index in [1.165, 1.54) is 12.1 Å². The third-order valence-electron chi connectivity index (χ3n) is 2.35. The van der Waals surface area contributed by atoms with E-state index in [0.29, 0.717) is 15.8 Å². The van der Waals surface area contributed by atoms with Gasteiger partial charge in [-0.15, -0.1) is 0 Å². The Labute approximate surface area is 128 Å². The van der Waals surface area contributed by atoms with Crippen LogP contribution in [0.15, 0.2) is 40.9 Å². The lowest BCUT2D eigenvalue weighted by Gasteiger charge is -2.09. The summed E-state index contributed by atoms with van der Waals surface area (Å²) in [5.74, 6) is -0.0887. The maximum Gasteiger partial charge on any atom is 0.184 e. The molecule has 98 valence electrons. The Bertz CT molecular complexity index is 651. The number of nitrogens with two attached hydrogens (primary N) is 1. The molecule has 2 N–H and O–H groups in total. The minimum atomic E-state index is -0.598. The highest BCUT2D eigenvalue weighted by molar-refractivity contribution is 9.10. The Morgan fingerprint density at radius 3 is 2.68 bits per heavy atom. The van der Waals surface area contributed by atoms with Crippen LogP contribution in [0.4, 0.5) is 4.39 Å². The van der Waals surface area contributed by atoms with Crippen molar-refractivity contribution in [2.45, 2.75) is 0 Å². The van der Waals surface area contributed by atoms with Crippen molar-refractivity contribution in [1.29, 1.82) is 0 Å². The van der Waals surface area contributed by atoms with E-state index in [1.807, 2.05) is 0 Å². The maximum atomic E-state index is 13.7. The molecule has 0 radical (unpaired) electrons. The molecule has 0 aromatic heterocycles. The first-order valence-corrected chi connectivity index (χ1v) is 6.78. The van der Waals surface area contributed by atoms with Crippen LogP contribution in [0.2, 0.25) is 5.02 Å². The summed E-state index contributed by atoms with van der Waals surface area (Å²) in [6, 6.07) is 9.57. The monoisotopic (exact) mass is 359 g/mol. The average molecular weight is 361 g/mol. The summed E-state index contributed by atoms with van der Waals surface area (Å²) >= 11 is 13.9. The first-order chi connectivity index (χ1) is 8.99. The number of hydrogen-bond acceptors (Lipinski definition) is 2. The van der Waals surface area contributed by atoms with Crippen molar-refractivity contribution in [1.82, 2.24) is 0 Å². The molecule has 6 heteroatoms. The quantitative estimate of drug-likeness (QED) is 0.808. The van der Waals surface area contributed by atoms with Gasteiger partial charge in [0.15, 0.2) is 11.6 Å². The van der Waals surface area contributed by atoms with Gasteiger partial charge < -0.3 is 10.5 Å². The Hall–Kier alpha value is -1.17. The topological polar surface area (TPSA) is 35.2 Å². The Kier molecular flexibility index (Phi) is 4.39. The van der Waals surface area contributed by atoms with E-state index in [0.717, 1.165) is 0 Å². The fourth-order valence-corrected chi connectivity index (χ4v) is 2.50. The molecule has 0 amide bonds. The Morgan fingerprint density at radius 2 is 2.05 bits per heavy atom. The van der Waals surface area contributed by atoms with Gasteiger partial charge in [0.2, 0.25) is 0 Å². The van der Waals surface area contributed by atoms with E-state index >= 15 is 0 Å². The van der Waals surface area contributed by atoms with Crippen molar-refractivity contribution in [3.8, 4) is 11.5 Å². The van der Waals surface area contributed by atoms with Crippen LogP contribution >= 0.6 is 39.7 Å². The molecular formula is C13H8BrClFNOS. The molecule has 19 heavy (non-hydrogen) atoms. The van der Waals surface area contributed by atoms with Crippen LogP contribution in [0, 0.1) is 5.82 Å². The average Bonchev–Trinajstić information content (AvgIpc) is 2.34. The summed E-state index contributed by atoms with van der Waals surface area (Å²) in [4.78, 5) is 0.271. The molecule has 0 saturated heterocycles. The number of halogens is 3. The summed E-state index contributed by atoms with van der Waals surface area (Å²) < 4.78 is 19.8. The number of ether oxygens (including phenoxy) is 1. The fraction of sp³-hybridized carbons (Fsp3) is 0.